The summed E-state index contributed by atoms with van der Waals surface area (Å²) in [4.78, 5) is 19.7. The van der Waals surface area contributed by atoms with Crippen molar-refractivity contribution in [3.05, 3.63) is 0 Å². The van der Waals surface area contributed by atoms with Crippen molar-refractivity contribution in [2.45, 2.75) is 11.7 Å². The first-order valence-corrected chi connectivity index (χ1v) is 4.12. The van der Waals surface area contributed by atoms with Crippen LogP contribution in [-0.2, 0) is 42.1 Å². The Bertz CT molecular complexity index is 294. The van der Waals surface area contributed by atoms with Crippen LogP contribution in [0.2, 0.25) is 0 Å². The first-order valence-electron chi connectivity index (χ1n) is 2.62. The van der Waals surface area contributed by atoms with Gasteiger partial charge in [-0.3, -0.25) is 4.55 Å². The Kier molecular flexibility index (Phi) is 6.20. The standard InChI is InChI=1S/C4H6O7S.Ag/c5-3(6)1-2(4(7)8)12(9,10)11;/h2H,1H2,(H,5,6)(H,7,8)(H,9,10,11);/q;+2/p-2. The van der Waals surface area contributed by atoms with Crippen LogP contribution in [0.1, 0.15) is 6.42 Å². The van der Waals surface area contributed by atoms with E-state index < -0.39 is 33.7 Å². The molecular weight excluding hydrogens is 300 g/mol. The summed E-state index contributed by atoms with van der Waals surface area (Å²) in [6.45, 7) is 0. The van der Waals surface area contributed by atoms with Crippen molar-refractivity contribution in [2.75, 3.05) is 0 Å². The average Bonchev–Trinajstić information content (AvgIpc) is 1.79. The normalized spacial score (nSPS) is 12.7. The van der Waals surface area contributed by atoms with Crippen LogP contribution >= 0.6 is 0 Å². The molecule has 0 aromatic heterocycles. The summed E-state index contributed by atoms with van der Waals surface area (Å²) in [5, 5.41) is 17.3. The van der Waals surface area contributed by atoms with Gasteiger partial charge in [-0.1, -0.05) is 0 Å². The fraction of sp³-hybridized carbons (Fsp3) is 0.500. The van der Waals surface area contributed by atoms with Crippen molar-refractivity contribution in [2.24, 2.45) is 0 Å². The van der Waals surface area contributed by atoms with Crippen LogP contribution in [0.4, 0.5) is 0 Å². The monoisotopic (exact) mass is 303 g/mol. The van der Waals surface area contributed by atoms with E-state index in [-0.39, 0.29) is 22.4 Å². The molecule has 7 nitrogen and oxygen atoms in total. The summed E-state index contributed by atoms with van der Waals surface area (Å²) in [7, 11) is -4.94. The number of carbonyl (C=O) groups excluding carboxylic acids is 2. The summed E-state index contributed by atoms with van der Waals surface area (Å²) in [6.07, 6.45) is -1.33. The SMILES string of the molecule is O=C([O-])CC(C(=O)[O-])S(=O)(=O)O.[Ag+2]. The molecule has 0 amide bonds. The number of carboxylic acid groups (broad SMARTS) is 2. The molecule has 0 aliphatic heterocycles. The number of hydrogen-bond donors (Lipinski definition) is 1. The van der Waals surface area contributed by atoms with E-state index in [1.54, 1.807) is 0 Å². The molecule has 1 radical (unpaired) electrons. The smallest absolute Gasteiger partial charge is 0.550 e. The van der Waals surface area contributed by atoms with Crippen molar-refractivity contribution in [1.29, 1.82) is 0 Å². The molecular formula is C4H4AgO7S. The molecule has 1 unspecified atom stereocenters. The number of carboxylic acids is 2. The van der Waals surface area contributed by atoms with E-state index in [0.29, 0.717) is 0 Å². The van der Waals surface area contributed by atoms with Crippen molar-refractivity contribution in [3.63, 3.8) is 0 Å². The Hall–Kier alpha value is -0.410. The topological polar surface area (TPSA) is 135 Å². The molecule has 1 N–H and O–H groups in total. The molecule has 9 heteroatoms. The molecule has 0 aliphatic rings. The minimum absolute atomic E-state index is 0. The summed E-state index contributed by atoms with van der Waals surface area (Å²) in [5.74, 6) is -4.08. The molecule has 0 spiro atoms. The first-order chi connectivity index (χ1) is 5.25. The summed E-state index contributed by atoms with van der Waals surface area (Å²) in [6, 6.07) is 0. The summed E-state index contributed by atoms with van der Waals surface area (Å²) >= 11 is 0. The molecule has 79 valence electrons. The molecule has 0 aromatic carbocycles. The van der Waals surface area contributed by atoms with Gasteiger partial charge in [-0.2, -0.15) is 8.42 Å². The second-order valence-corrected chi connectivity index (χ2v) is 3.50. The molecule has 0 fully saturated rings. The van der Waals surface area contributed by atoms with E-state index >= 15 is 0 Å². The fourth-order valence-electron chi connectivity index (χ4n) is 0.462. The van der Waals surface area contributed by atoms with Crippen LogP contribution in [-0.4, -0.2) is 30.2 Å². The summed E-state index contributed by atoms with van der Waals surface area (Å²) < 4.78 is 28.5. The molecule has 0 bridgehead atoms. The molecule has 13 heavy (non-hydrogen) atoms. The van der Waals surface area contributed by atoms with E-state index in [0.717, 1.165) is 0 Å². The zero-order chi connectivity index (χ0) is 9.94. The van der Waals surface area contributed by atoms with Gasteiger partial charge in [0.2, 0.25) is 0 Å². The Morgan fingerprint density at radius 2 is 1.69 bits per heavy atom. The Morgan fingerprint density at radius 3 is 1.77 bits per heavy atom. The van der Waals surface area contributed by atoms with Crippen molar-refractivity contribution in [1.82, 2.24) is 0 Å². The maximum absolute atomic E-state index is 10.2. The number of hydrogen-bond acceptors (Lipinski definition) is 6. The maximum Gasteiger partial charge on any atom is 2.00 e. The van der Waals surface area contributed by atoms with Crippen molar-refractivity contribution >= 4 is 22.1 Å². The van der Waals surface area contributed by atoms with E-state index in [9.17, 15) is 28.2 Å². The molecule has 0 saturated carbocycles. The maximum atomic E-state index is 10.2. The molecule has 0 saturated heterocycles. The molecule has 0 aliphatic carbocycles. The van der Waals surface area contributed by atoms with Gasteiger partial charge in [0, 0.05) is 12.4 Å². The van der Waals surface area contributed by atoms with Gasteiger partial charge in [0.15, 0.2) is 0 Å². The fourth-order valence-corrected chi connectivity index (χ4v) is 1.05. The van der Waals surface area contributed by atoms with Crippen LogP contribution in [0.15, 0.2) is 0 Å². The number of carbonyl (C=O) groups is 2. The van der Waals surface area contributed by atoms with Crippen LogP contribution in [0.25, 0.3) is 0 Å². The van der Waals surface area contributed by atoms with Gasteiger partial charge < -0.3 is 19.8 Å². The molecule has 0 rings (SSSR count). The first kappa shape index (κ1) is 15.1. The largest absolute Gasteiger partial charge is 2.00 e. The van der Waals surface area contributed by atoms with Crippen LogP contribution < -0.4 is 10.2 Å². The van der Waals surface area contributed by atoms with E-state index in [4.69, 9.17) is 4.55 Å². The van der Waals surface area contributed by atoms with Gasteiger partial charge in [0.1, 0.15) is 5.25 Å². The van der Waals surface area contributed by atoms with Crippen LogP contribution in [0.5, 0.6) is 0 Å². The minimum Gasteiger partial charge on any atom is -0.550 e. The second-order valence-electron chi connectivity index (χ2n) is 1.90. The number of aliphatic carboxylic acids is 2. The van der Waals surface area contributed by atoms with Gasteiger partial charge in [-0.05, 0) is 0 Å². The van der Waals surface area contributed by atoms with Gasteiger partial charge in [0.05, 0.1) is 5.97 Å². The van der Waals surface area contributed by atoms with Crippen molar-refractivity contribution in [3.8, 4) is 0 Å². The average molecular weight is 304 g/mol. The van der Waals surface area contributed by atoms with Gasteiger partial charge >= 0.3 is 22.4 Å². The quantitative estimate of drug-likeness (QED) is 0.414. The predicted octanol–water partition coefficient (Wildman–Crippen LogP) is -3.87. The summed E-state index contributed by atoms with van der Waals surface area (Å²) in [5.41, 5.74) is 0. The van der Waals surface area contributed by atoms with E-state index in [2.05, 4.69) is 0 Å². The zero-order valence-corrected chi connectivity index (χ0v) is 8.19. The Balaban J connectivity index is 0. The van der Waals surface area contributed by atoms with Gasteiger partial charge in [-0.25, -0.2) is 0 Å². The number of rotatable bonds is 4. The predicted molar refractivity (Wildman–Crippen MR) is 30.0 cm³/mol. The third kappa shape index (κ3) is 5.77. The van der Waals surface area contributed by atoms with Crippen molar-refractivity contribution < 1.29 is 55.2 Å². The van der Waals surface area contributed by atoms with Gasteiger partial charge in [0.25, 0.3) is 10.1 Å². The van der Waals surface area contributed by atoms with Gasteiger partial charge in [-0.15, -0.1) is 0 Å². The van der Waals surface area contributed by atoms with E-state index in [1.165, 1.54) is 0 Å². The zero-order valence-electron chi connectivity index (χ0n) is 5.89. The molecule has 0 heterocycles. The Labute approximate surface area is 89.0 Å². The van der Waals surface area contributed by atoms with E-state index in [1.807, 2.05) is 0 Å². The third-order valence-electron chi connectivity index (χ3n) is 0.975. The van der Waals surface area contributed by atoms with Crippen LogP contribution in [0.3, 0.4) is 0 Å². The third-order valence-corrected chi connectivity index (χ3v) is 2.05. The molecule has 0 aromatic rings. The van der Waals surface area contributed by atoms with Crippen LogP contribution in [0, 0.1) is 0 Å². The minimum atomic E-state index is -4.94. The second kappa shape index (κ2) is 5.35. The Morgan fingerprint density at radius 1 is 1.31 bits per heavy atom. The molecule has 1 atom stereocenters.